The summed E-state index contributed by atoms with van der Waals surface area (Å²) in [5, 5.41) is 0. The van der Waals surface area contributed by atoms with E-state index in [1.54, 1.807) is 0 Å². The SMILES string of the molecule is ClC[CH]Cc1ccccc1. The molecule has 1 radical (unpaired) electrons. The Hall–Kier alpha value is -0.490. The van der Waals surface area contributed by atoms with Crippen LogP contribution in [0.1, 0.15) is 5.56 Å². The fraction of sp³-hybridized carbons (Fsp3) is 0.222. The summed E-state index contributed by atoms with van der Waals surface area (Å²) in [5.74, 6) is 0.634. The molecule has 1 aromatic rings. The highest BCUT2D eigenvalue weighted by molar-refractivity contribution is 6.18. The molecule has 0 spiro atoms. The number of rotatable bonds is 3. The van der Waals surface area contributed by atoms with Gasteiger partial charge in [0, 0.05) is 5.88 Å². The van der Waals surface area contributed by atoms with Crippen molar-refractivity contribution in [2.45, 2.75) is 6.42 Å². The second-order valence-electron chi connectivity index (χ2n) is 2.13. The summed E-state index contributed by atoms with van der Waals surface area (Å²) in [4.78, 5) is 0. The highest BCUT2D eigenvalue weighted by Gasteiger charge is 1.88. The summed E-state index contributed by atoms with van der Waals surface area (Å²) in [5.41, 5.74) is 1.32. The molecule has 0 aliphatic heterocycles. The third kappa shape index (κ3) is 2.40. The van der Waals surface area contributed by atoms with E-state index in [1.165, 1.54) is 5.56 Å². The van der Waals surface area contributed by atoms with Crippen LogP contribution in [0.4, 0.5) is 0 Å². The first-order valence-electron chi connectivity index (χ1n) is 3.35. The third-order valence-electron chi connectivity index (χ3n) is 1.33. The lowest BCUT2D eigenvalue weighted by Gasteiger charge is -1.95. The molecule has 0 aliphatic carbocycles. The van der Waals surface area contributed by atoms with Gasteiger partial charge in [-0.3, -0.25) is 0 Å². The van der Waals surface area contributed by atoms with Crippen molar-refractivity contribution >= 4 is 11.6 Å². The summed E-state index contributed by atoms with van der Waals surface area (Å²) in [6, 6.07) is 10.3. The van der Waals surface area contributed by atoms with Gasteiger partial charge < -0.3 is 0 Å². The van der Waals surface area contributed by atoms with E-state index < -0.39 is 0 Å². The van der Waals surface area contributed by atoms with Crippen molar-refractivity contribution < 1.29 is 0 Å². The molecule has 0 saturated carbocycles. The molecule has 0 N–H and O–H groups in total. The van der Waals surface area contributed by atoms with E-state index in [4.69, 9.17) is 11.6 Å². The molecule has 0 amide bonds. The predicted octanol–water partition coefficient (Wildman–Crippen LogP) is 2.67. The van der Waals surface area contributed by atoms with Crippen molar-refractivity contribution in [2.24, 2.45) is 0 Å². The lowest BCUT2D eigenvalue weighted by Crippen LogP contribution is -1.85. The molecule has 0 saturated heterocycles. The molecule has 0 unspecified atom stereocenters. The normalized spacial score (nSPS) is 9.70. The Morgan fingerprint density at radius 1 is 1.20 bits per heavy atom. The van der Waals surface area contributed by atoms with E-state index in [0.29, 0.717) is 5.88 Å². The molecule has 1 heteroatoms. The minimum atomic E-state index is 0.634. The molecule has 0 heterocycles. The van der Waals surface area contributed by atoms with E-state index in [-0.39, 0.29) is 0 Å². The molecule has 0 bridgehead atoms. The average Bonchev–Trinajstić information content (AvgIpc) is 2.03. The van der Waals surface area contributed by atoms with Gasteiger partial charge >= 0.3 is 0 Å². The van der Waals surface area contributed by atoms with Gasteiger partial charge in [0.2, 0.25) is 0 Å². The second-order valence-corrected chi connectivity index (χ2v) is 2.44. The summed E-state index contributed by atoms with van der Waals surface area (Å²) in [7, 11) is 0. The molecule has 0 nitrogen and oxygen atoms in total. The van der Waals surface area contributed by atoms with Crippen molar-refractivity contribution in [1.29, 1.82) is 0 Å². The van der Waals surface area contributed by atoms with Gasteiger partial charge in [0.1, 0.15) is 0 Å². The zero-order chi connectivity index (χ0) is 7.23. The van der Waals surface area contributed by atoms with Crippen molar-refractivity contribution in [3.05, 3.63) is 42.3 Å². The van der Waals surface area contributed by atoms with E-state index in [2.05, 4.69) is 18.6 Å². The van der Waals surface area contributed by atoms with Gasteiger partial charge in [-0.2, -0.15) is 0 Å². The summed E-state index contributed by atoms with van der Waals surface area (Å²) in [6.45, 7) is 0. The van der Waals surface area contributed by atoms with E-state index in [9.17, 15) is 0 Å². The highest BCUT2D eigenvalue weighted by atomic mass is 35.5. The van der Waals surface area contributed by atoms with Crippen LogP contribution >= 0.6 is 11.6 Å². The van der Waals surface area contributed by atoms with Gasteiger partial charge in [0.05, 0.1) is 0 Å². The Morgan fingerprint density at radius 3 is 2.50 bits per heavy atom. The standard InChI is InChI=1S/C9H10Cl/c10-8-4-7-9-5-2-1-3-6-9/h1-6H,7-8H2. The maximum absolute atomic E-state index is 5.50. The van der Waals surface area contributed by atoms with Crippen LogP contribution in [0, 0.1) is 6.42 Å². The van der Waals surface area contributed by atoms with Gasteiger partial charge in [-0.05, 0) is 18.4 Å². The average molecular weight is 154 g/mol. The first-order valence-corrected chi connectivity index (χ1v) is 3.88. The maximum Gasteiger partial charge on any atom is 0.0258 e. The molecule has 0 atom stereocenters. The lowest BCUT2D eigenvalue weighted by molar-refractivity contribution is 1.15. The van der Waals surface area contributed by atoms with Crippen molar-refractivity contribution in [2.75, 3.05) is 5.88 Å². The van der Waals surface area contributed by atoms with E-state index in [1.807, 2.05) is 18.2 Å². The number of hydrogen-bond donors (Lipinski definition) is 0. The van der Waals surface area contributed by atoms with Crippen LogP contribution in [-0.2, 0) is 6.42 Å². The molecule has 1 aromatic carbocycles. The van der Waals surface area contributed by atoms with Crippen LogP contribution in [0.15, 0.2) is 30.3 Å². The van der Waals surface area contributed by atoms with Gasteiger partial charge in [0.25, 0.3) is 0 Å². The Morgan fingerprint density at radius 2 is 1.90 bits per heavy atom. The minimum absolute atomic E-state index is 0.634. The third-order valence-corrected chi connectivity index (χ3v) is 1.55. The summed E-state index contributed by atoms with van der Waals surface area (Å²) < 4.78 is 0. The van der Waals surface area contributed by atoms with Gasteiger partial charge in [-0.25, -0.2) is 0 Å². The van der Waals surface area contributed by atoms with Gasteiger partial charge in [-0.15, -0.1) is 11.6 Å². The second kappa shape index (κ2) is 4.35. The topological polar surface area (TPSA) is 0 Å². The van der Waals surface area contributed by atoms with Crippen LogP contribution in [0.2, 0.25) is 0 Å². The summed E-state index contributed by atoms with van der Waals surface area (Å²) in [6.07, 6.45) is 3.03. The van der Waals surface area contributed by atoms with Crippen molar-refractivity contribution in [3.8, 4) is 0 Å². The van der Waals surface area contributed by atoms with Crippen molar-refractivity contribution in [3.63, 3.8) is 0 Å². The zero-order valence-corrected chi connectivity index (χ0v) is 6.51. The number of hydrogen-bond acceptors (Lipinski definition) is 0. The summed E-state index contributed by atoms with van der Waals surface area (Å²) >= 11 is 5.50. The molecular weight excluding hydrogens is 144 g/mol. The largest absolute Gasteiger partial charge is 0.126 e. The Kier molecular flexibility index (Phi) is 3.31. The van der Waals surface area contributed by atoms with Crippen LogP contribution in [0.3, 0.4) is 0 Å². The number of benzene rings is 1. The maximum atomic E-state index is 5.50. The minimum Gasteiger partial charge on any atom is -0.126 e. The molecule has 0 fully saturated rings. The van der Waals surface area contributed by atoms with Crippen LogP contribution in [-0.4, -0.2) is 5.88 Å². The Bertz CT molecular complexity index is 169. The number of alkyl halides is 1. The zero-order valence-electron chi connectivity index (χ0n) is 5.76. The quantitative estimate of drug-likeness (QED) is 0.586. The molecular formula is C9H10Cl. The van der Waals surface area contributed by atoms with Crippen LogP contribution in [0.5, 0.6) is 0 Å². The fourth-order valence-corrected chi connectivity index (χ4v) is 0.944. The first-order chi connectivity index (χ1) is 4.93. The monoisotopic (exact) mass is 153 g/mol. The van der Waals surface area contributed by atoms with Crippen LogP contribution in [0.25, 0.3) is 0 Å². The molecule has 10 heavy (non-hydrogen) atoms. The highest BCUT2D eigenvalue weighted by Crippen LogP contribution is 2.01. The molecule has 0 aromatic heterocycles. The number of halogens is 1. The van der Waals surface area contributed by atoms with Gasteiger partial charge in [0.15, 0.2) is 0 Å². The van der Waals surface area contributed by atoms with Gasteiger partial charge in [-0.1, -0.05) is 30.3 Å². The Balaban J connectivity index is 2.43. The lowest BCUT2D eigenvalue weighted by atomic mass is 10.1. The predicted molar refractivity (Wildman–Crippen MR) is 45.2 cm³/mol. The molecule has 53 valence electrons. The molecule has 1 rings (SSSR count). The van der Waals surface area contributed by atoms with E-state index >= 15 is 0 Å². The first kappa shape index (κ1) is 7.62. The Labute approximate surface area is 66.8 Å². The van der Waals surface area contributed by atoms with Crippen LogP contribution < -0.4 is 0 Å². The fourth-order valence-electron chi connectivity index (χ4n) is 0.835. The van der Waals surface area contributed by atoms with E-state index in [0.717, 1.165) is 6.42 Å². The smallest absolute Gasteiger partial charge is 0.0258 e. The van der Waals surface area contributed by atoms with Crippen molar-refractivity contribution in [1.82, 2.24) is 0 Å². The molecule has 0 aliphatic rings.